The minimum Gasteiger partial charge on any atom is -0.477 e. The van der Waals surface area contributed by atoms with Gasteiger partial charge in [-0.1, -0.05) is 37.6 Å². The number of nitrogens with zero attached hydrogens (tertiary/aromatic N) is 3. The molecule has 0 radical (unpaired) electrons. The van der Waals surface area contributed by atoms with Crippen LogP contribution in [0.15, 0.2) is 34.3 Å². The van der Waals surface area contributed by atoms with E-state index in [-0.39, 0.29) is 32.7 Å². The Hall–Kier alpha value is -2.56. The second-order valence-electron chi connectivity index (χ2n) is 16.2. The summed E-state index contributed by atoms with van der Waals surface area (Å²) in [5, 5.41) is 18.3. The topological polar surface area (TPSA) is 205 Å². The molecule has 1 saturated carbocycles. The molecular weight excluding hydrogens is 730 g/mol. The number of likely N-dealkylation sites (tertiary alicyclic amines) is 1. The Morgan fingerprint density at radius 1 is 0.923 bits per heavy atom. The van der Waals surface area contributed by atoms with E-state index in [0.29, 0.717) is 36.7 Å². The average Bonchev–Trinajstić information content (AvgIpc) is 3.51. The molecule has 0 unspecified atom stereocenters. The monoisotopic (exact) mass is 789 g/mol. The Morgan fingerprint density at radius 2 is 1.48 bits per heavy atom. The van der Waals surface area contributed by atoms with Crippen molar-refractivity contribution in [3.05, 3.63) is 40.5 Å². The first kappa shape index (κ1) is 45.6. The van der Waals surface area contributed by atoms with Crippen LogP contribution in [0.1, 0.15) is 111 Å². The molecule has 1 amide bonds. The molecule has 2 aliphatic rings. The second kappa shape index (κ2) is 18.7. The largest absolute Gasteiger partial charge is 0.477 e. The molecule has 1 aliphatic heterocycles. The summed E-state index contributed by atoms with van der Waals surface area (Å²) in [6, 6.07) is 5.86. The molecule has 16 heteroatoms. The Kier molecular flexibility index (Phi) is 16.4. The molecule has 2 fully saturated rings. The molecule has 296 valence electrons. The fourth-order valence-corrected chi connectivity index (χ4v) is 7.56. The lowest BCUT2D eigenvalue weighted by Crippen LogP contribution is -2.45. The quantitative estimate of drug-likeness (QED) is 0.176. The van der Waals surface area contributed by atoms with Crippen LogP contribution in [0.2, 0.25) is 5.15 Å². The van der Waals surface area contributed by atoms with Crippen LogP contribution in [0.4, 0.5) is 4.79 Å². The Labute approximate surface area is 316 Å². The average molecular weight is 790 g/mol. The molecule has 2 aromatic heterocycles. The van der Waals surface area contributed by atoms with Gasteiger partial charge in [0.1, 0.15) is 10.8 Å². The van der Waals surface area contributed by atoms with Gasteiger partial charge in [0.2, 0.25) is 5.88 Å². The lowest BCUT2D eigenvalue weighted by molar-refractivity contribution is 0.0130. The van der Waals surface area contributed by atoms with E-state index in [0.717, 1.165) is 37.2 Å². The van der Waals surface area contributed by atoms with Crippen LogP contribution in [0.5, 0.6) is 5.88 Å². The fourth-order valence-electron chi connectivity index (χ4n) is 6.41. The third-order valence-corrected chi connectivity index (χ3v) is 11.0. The lowest BCUT2D eigenvalue weighted by Gasteiger charge is -2.33. The third kappa shape index (κ3) is 15.4. The molecule has 0 aromatic carbocycles. The van der Waals surface area contributed by atoms with Gasteiger partial charge in [-0.15, -0.1) is 0 Å². The predicted molar refractivity (Wildman–Crippen MR) is 203 cm³/mol. The number of aliphatic hydroxyl groups is 1. The summed E-state index contributed by atoms with van der Waals surface area (Å²) in [6.07, 6.45) is 8.63. The SMILES string of the molecule is CC1(C)CC[C@@H](CCCO)C1.Cc1ccc(S(N)(=O)=O)nc1Cl.Cc1ccc(S(N)(=O)=O)nc1OCCC[C@@H]1CN(C(=O)OC(C)(C)C)C(C)(C)C1. The van der Waals surface area contributed by atoms with Crippen molar-refractivity contribution in [2.24, 2.45) is 27.5 Å². The van der Waals surface area contributed by atoms with E-state index in [4.69, 9.17) is 36.5 Å². The highest BCUT2D eigenvalue weighted by atomic mass is 35.5. The van der Waals surface area contributed by atoms with Gasteiger partial charge in [0.25, 0.3) is 20.0 Å². The summed E-state index contributed by atoms with van der Waals surface area (Å²) in [5.74, 6) is 1.53. The van der Waals surface area contributed by atoms with Crippen LogP contribution in [-0.2, 0) is 24.8 Å². The van der Waals surface area contributed by atoms with Gasteiger partial charge in [-0.2, -0.15) is 0 Å². The molecule has 5 N–H and O–H groups in total. The fraction of sp³-hybridized carbons (Fsp3) is 0.694. The van der Waals surface area contributed by atoms with Crippen LogP contribution >= 0.6 is 11.6 Å². The first-order valence-corrected chi connectivity index (χ1v) is 21.1. The van der Waals surface area contributed by atoms with Gasteiger partial charge in [0.05, 0.1) is 6.61 Å². The lowest BCUT2D eigenvalue weighted by atomic mass is 9.89. The number of rotatable bonds is 10. The third-order valence-electron chi connectivity index (χ3n) is 9.03. The smallest absolute Gasteiger partial charge is 0.410 e. The number of ether oxygens (including phenoxy) is 2. The molecule has 2 aromatic rings. The van der Waals surface area contributed by atoms with Crippen molar-refractivity contribution in [3.8, 4) is 5.88 Å². The summed E-state index contributed by atoms with van der Waals surface area (Å²) in [5.41, 5.74) is 1.27. The Balaban J connectivity index is 0.000000331. The van der Waals surface area contributed by atoms with Crippen molar-refractivity contribution < 1.29 is 36.2 Å². The maximum atomic E-state index is 12.5. The van der Waals surface area contributed by atoms with Crippen LogP contribution in [0, 0.1) is 31.1 Å². The molecule has 52 heavy (non-hydrogen) atoms. The number of pyridine rings is 2. The first-order chi connectivity index (χ1) is 23.7. The van der Waals surface area contributed by atoms with E-state index in [2.05, 4.69) is 37.7 Å². The Bertz CT molecular complexity index is 1710. The molecule has 2 atom stereocenters. The number of carbonyl (C=O) groups is 1. The maximum Gasteiger partial charge on any atom is 0.410 e. The van der Waals surface area contributed by atoms with Gasteiger partial charge in [-0.3, -0.25) is 0 Å². The molecule has 1 saturated heterocycles. The van der Waals surface area contributed by atoms with E-state index in [9.17, 15) is 21.6 Å². The van der Waals surface area contributed by atoms with Crippen molar-refractivity contribution >= 4 is 37.7 Å². The highest BCUT2D eigenvalue weighted by Gasteiger charge is 2.42. The number of carbonyl (C=O) groups excluding carboxylic acids is 1. The van der Waals surface area contributed by atoms with E-state index in [1.807, 2.05) is 25.7 Å². The van der Waals surface area contributed by atoms with E-state index in [1.165, 1.54) is 37.8 Å². The van der Waals surface area contributed by atoms with Gasteiger partial charge >= 0.3 is 6.09 Å². The van der Waals surface area contributed by atoms with Crippen molar-refractivity contribution in [2.75, 3.05) is 19.8 Å². The van der Waals surface area contributed by atoms with Crippen molar-refractivity contribution in [1.82, 2.24) is 14.9 Å². The van der Waals surface area contributed by atoms with E-state index in [1.54, 1.807) is 26.0 Å². The van der Waals surface area contributed by atoms with E-state index >= 15 is 0 Å². The summed E-state index contributed by atoms with van der Waals surface area (Å²) < 4.78 is 55.6. The van der Waals surface area contributed by atoms with Gasteiger partial charge in [-0.25, -0.2) is 41.9 Å². The second-order valence-corrected chi connectivity index (χ2v) is 19.6. The van der Waals surface area contributed by atoms with Crippen molar-refractivity contribution in [3.63, 3.8) is 0 Å². The van der Waals surface area contributed by atoms with Crippen LogP contribution in [0.3, 0.4) is 0 Å². The van der Waals surface area contributed by atoms with Gasteiger partial charge in [-0.05, 0) is 135 Å². The zero-order valence-corrected chi connectivity index (χ0v) is 34.6. The predicted octanol–water partition coefficient (Wildman–Crippen LogP) is 6.51. The normalized spacial score (nSPS) is 19.6. The number of nitrogens with two attached hydrogens (primary N) is 2. The molecule has 0 spiro atoms. The molecule has 3 heterocycles. The number of aryl methyl sites for hydroxylation is 2. The summed E-state index contributed by atoms with van der Waals surface area (Å²) in [7, 11) is -7.60. The molecular formula is C36H60ClN5O8S2. The summed E-state index contributed by atoms with van der Waals surface area (Å²) >= 11 is 5.59. The summed E-state index contributed by atoms with van der Waals surface area (Å²) in [4.78, 5) is 21.9. The van der Waals surface area contributed by atoms with Crippen molar-refractivity contribution in [1.29, 1.82) is 0 Å². The number of primary sulfonamides is 2. The number of amides is 1. The van der Waals surface area contributed by atoms with Crippen LogP contribution in [-0.4, -0.2) is 73.8 Å². The highest BCUT2D eigenvalue weighted by molar-refractivity contribution is 7.89. The minimum atomic E-state index is -3.87. The number of sulfonamides is 2. The maximum absolute atomic E-state index is 12.5. The first-order valence-electron chi connectivity index (χ1n) is 17.6. The van der Waals surface area contributed by atoms with Crippen LogP contribution < -0.4 is 15.0 Å². The zero-order chi connectivity index (χ0) is 39.7. The summed E-state index contributed by atoms with van der Waals surface area (Å²) in [6.45, 7) is 19.4. The van der Waals surface area contributed by atoms with Crippen LogP contribution in [0.25, 0.3) is 0 Å². The van der Waals surface area contributed by atoms with Gasteiger partial charge in [0, 0.05) is 24.3 Å². The Morgan fingerprint density at radius 3 is 1.98 bits per heavy atom. The van der Waals surface area contributed by atoms with E-state index < -0.39 is 25.6 Å². The molecule has 4 rings (SSSR count). The van der Waals surface area contributed by atoms with Gasteiger partial charge < -0.3 is 19.5 Å². The number of hydrogen-bond acceptors (Lipinski definition) is 10. The zero-order valence-electron chi connectivity index (χ0n) is 32.2. The highest BCUT2D eigenvalue weighted by Crippen LogP contribution is 2.42. The molecule has 13 nitrogen and oxygen atoms in total. The molecule has 0 bridgehead atoms. The number of hydrogen-bond donors (Lipinski definition) is 3. The standard InChI is InChI=1S/C20H33N3O5S.C10H20O.C6H7ClN2O2S/c1-14-9-10-16(29(21,25)26)22-17(14)27-11-7-8-15-12-20(5,6)23(13-15)18(24)28-19(2,3)4;1-10(2)6-5-9(8-10)4-3-7-11;1-4-2-3-5(9-6(4)7)12(8,10)11/h9-10,15H,7-8,11-13H2,1-6H3,(H2,21,25,26);9,11H,3-8H2,1-2H3;2-3H,1H3,(H2,8,10,11)/t15-;9-;/m01./s1. The molecule has 1 aliphatic carbocycles. The minimum absolute atomic E-state index is 0.154. The number of halogens is 1. The number of aromatic nitrogens is 2. The van der Waals surface area contributed by atoms with Gasteiger partial charge in [0.15, 0.2) is 10.1 Å². The number of aliphatic hydroxyl groups excluding tert-OH is 1. The van der Waals surface area contributed by atoms with Crippen molar-refractivity contribution in [2.45, 2.75) is 135 Å².